The number of carbonyl (C=O) groups is 1. The van der Waals surface area contributed by atoms with E-state index in [0.717, 1.165) is 24.3 Å². The lowest BCUT2D eigenvalue weighted by molar-refractivity contribution is 0.244. The van der Waals surface area contributed by atoms with Crippen LogP contribution in [0.1, 0.15) is 37.6 Å². The van der Waals surface area contributed by atoms with Gasteiger partial charge >= 0.3 is 6.03 Å². The summed E-state index contributed by atoms with van der Waals surface area (Å²) in [7, 11) is 0. The van der Waals surface area contributed by atoms with Gasteiger partial charge in [0.15, 0.2) is 0 Å². The van der Waals surface area contributed by atoms with Gasteiger partial charge in [-0.25, -0.2) is 4.79 Å². The lowest BCUT2D eigenvalue weighted by Gasteiger charge is -2.28. The zero-order chi connectivity index (χ0) is 13.7. The summed E-state index contributed by atoms with van der Waals surface area (Å²) in [6.07, 6.45) is 7.57. The number of hydrogen-bond acceptors (Lipinski definition) is 5. The summed E-state index contributed by atoms with van der Waals surface area (Å²) in [5, 5.41) is 15.9. The molecule has 1 fully saturated rings. The zero-order valence-electron chi connectivity index (χ0n) is 11.3. The van der Waals surface area contributed by atoms with E-state index in [1.54, 1.807) is 0 Å². The molecule has 1 aromatic rings. The van der Waals surface area contributed by atoms with Gasteiger partial charge in [-0.2, -0.15) is 11.8 Å². The fourth-order valence-corrected chi connectivity index (χ4v) is 3.76. The summed E-state index contributed by atoms with van der Waals surface area (Å²) in [6.45, 7) is 2.02. The third-order valence-corrected chi connectivity index (χ3v) is 5.36. The van der Waals surface area contributed by atoms with E-state index in [4.69, 9.17) is 0 Å². The lowest BCUT2D eigenvalue weighted by atomic mass is 9.95. The van der Waals surface area contributed by atoms with Gasteiger partial charge in [-0.1, -0.05) is 24.7 Å². The van der Waals surface area contributed by atoms with E-state index in [-0.39, 0.29) is 12.1 Å². The summed E-state index contributed by atoms with van der Waals surface area (Å²) in [4.78, 5) is 11.9. The highest BCUT2D eigenvalue weighted by Gasteiger charge is 2.22. The standard InChI is InChI=1S/C12H20N4OS2/c1-3-10-15-16-12(19-10)14-11(17)13-8-5-4-6-9(7-8)18-2/h8-9H,3-7H2,1-2H3,(H2,13,14,16,17). The molecule has 7 heteroatoms. The smallest absolute Gasteiger partial charge is 0.321 e. The minimum atomic E-state index is -0.162. The van der Waals surface area contributed by atoms with E-state index < -0.39 is 0 Å². The van der Waals surface area contributed by atoms with Crippen molar-refractivity contribution in [3.63, 3.8) is 0 Å². The molecule has 0 bridgehead atoms. The molecular formula is C12H20N4OS2. The van der Waals surface area contributed by atoms with Gasteiger partial charge in [-0.15, -0.1) is 10.2 Å². The molecule has 1 aliphatic carbocycles. The molecule has 0 radical (unpaired) electrons. The molecule has 2 amide bonds. The van der Waals surface area contributed by atoms with Crippen LogP contribution in [0.3, 0.4) is 0 Å². The van der Waals surface area contributed by atoms with Crippen molar-refractivity contribution in [3.8, 4) is 0 Å². The molecule has 2 unspecified atom stereocenters. The number of rotatable bonds is 4. The van der Waals surface area contributed by atoms with E-state index >= 15 is 0 Å². The van der Waals surface area contributed by atoms with E-state index in [0.29, 0.717) is 10.4 Å². The average molecular weight is 300 g/mol. The number of nitrogens with one attached hydrogen (secondary N) is 2. The largest absolute Gasteiger partial charge is 0.335 e. The minimum Gasteiger partial charge on any atom is -0.335 e. The highest BCUT2D eigenvalue weighted by Crippen LogP contribution is 2.27. The van der Waals surface area contributed by atoms with Crippen molar-refractivity contribution in [1.82, 2.24) is 15.5 Å². The van der Waals surface area contributed by atoms with Crippen molar-refractivity contribution in [2.24, 2.45) is 0 Å². The van der Waals surface area contributed by atoms with Gasteiger partial charge in [0.1, 0.15) is 5.01 Å². The predicted octanol–water partition coefficient (Wildman–Crippen LogP) is 2.90. The molecule has 5 nitrogen and oxygen atoms in total. The molecule has 1 saturated carbocycles. The monoisotopic (exact) mass is 300 g/mol. The van der Waals surface area contributed by atoms with Crippen molar-refractivity contribution in [2.75, 3.05) is 11.6 Å². The van der Waals surface area contributed by atoms with Crippen molar-refractivity contribution >= 4 is 34.3 Å². The third-order valence-electron chi connectivity index (χ3n) is 3.28. The fourth-order valence-electron chi connectivity index (χ4n) is 2.26. The SMILES string of the molecule is CCc1nnc(NC(=O)NC2CCCC(SC)C2)s1. The molecule has 0 spiro atoms. The number of nitrogens with zero attached hydrogens (tertiary/aromatic N) is 2. The molecule has 19 heavy (non-hydrogen) atoms. The Morgan fingerprint density at radius 2 is 2.32 bits per heavy atom. The van der Waals surface area contributed by atoms with Crippen molar-refractivity contribution in [3.05, 3.63) is 5.01 Å². The van der Waals surface area contributed by atoms with E-state index in [1.807, 2.05) is 18.7 Å². The van der Waals surface area contributed by atoms with Crippen molar-refractivity contribution in [1.29, 1.82) is 0 Å². The van der Waals surface area contributed by atoms with E-state index in [2.05, 4.69) is 27.1 Å². The highest BCUT2D eigenvalue weighted by molar-refractivity contribution is 7.99. The first kappa shape index (κ1) is 14.6. The number of anilines is 1. The zero-order valence-corrected chi connectivity index (χ0v) is 12.9. The van der Waals surface area contributed by atoms with Crippen LogP contribution in [0.4, 0.5) is 9.93 Å². The summed E-state index contributed by atoms with van der Waals surface area (Å²) in [5.74, 6) is 0. The summed E-state index contributed by atoms with van der Waals surface area (Å²) in [6, 6.07) is 0.121. The first-order valence-electron chi connectivity index (χ1n) is 6.64. The number of carbonyl (C=O) groups excluding carboxylic acids is 1. The Morgan fingerprint density at radius 3 is 3.00 bits per heavy atom. The first-order chi connectivity index (χ1) is 9.21. The number of aryl methyl sites for hydroxylation is 1. The Bertz CT molecular complexity index is 424. The second kappa shape index (κ2) is 7.09. The van der Waals surface area contributed by atoms with Crippen LogP contribution >= 0.6 is 23.1 Å². The molecule has 1 aromatic heterocycles. The van der Waals surface area contributed by atoms with Gasteiger partial charge in [0.25, 0.3) is 0 Å². The number of hydrogen-bond donors (Lipinski definition) is 2. The van der Waals surface area contributed by atoms with Gasteiger partial charge in [-0.3, -0.25) is 5.32 Å². The maximum absolute atomic E-state index is 11.9. The Balaban J connectivity index is 1.80. The molecule has 1 heterocycles. The topological polar surface area (TPSA) is 66.9 Å². The Kier molecular flexibility index (Phi) is 5.45. The molecule has 2 N–H and O–H groups in total. The van der Waals surface area contributed by atoms with Gasteiger partial charge in [-0.05, 0) is 31.9 Å². The summed E-state index contributed by atoms with van der Waals surface area (Å²) >= 11 is 3.32. The minimum absolute atomic E-state index is 0.162. The predicted molar refractivity (Wildman–Crippen MR) is 81.0 cm³/mol. The molecular weight excluding hydrogens is 280 g/mol. The summed E-state index contributed by atoms with van der Waals surface area (Å²) < 4.78 is 0. The average Bonchev–Trinajstić information content (AvgIpc) is 2.86. The maximum Gasteiger partial charge on any atom is 0.321 e. The Hall–Kier alpha value is -0.820. The highest BCUT2D eigenvalue weighted by atomic mass is 32.2. The number of urea groups is 1. The number of thioether (sulfide) groups is 1. The van der Waals surface area contributed by atoms with Gasteiger partial charge in [0, 0.05) is 11.3 Å². The molecule has 106 valence electrons. The van der Waals surface area contributed by atoms with Crippen LogP contribution in [0.2, 0.25) is 0 Å². The third kappa shape index (κ3) is 4.35. The van der Waals surface area contributed by atoms with Crippen LogP contribution in [-0.4, -0.2) is 33.8 Å². The quantitative estimate of drug-likeness (QED) is 0.897. The molecule has 0 saturated heterocycles. The van der Waals surface area contributed by atoms with Crippen LogP contribution in [0.15, 0.2) is 0 Å². The first-order valence-corrected chi connectivity index (χ1v) is 8.74. The van der Waals surface area contributed by atoms with Crippen LogP contribution in [0.5, 0.6) is 0 Å². The fraction of sp³-hybridized carbons (Fsp3) is 0.750. The number of amides is 2. The van der Waals surface area contributed by atoms with Gasteiger partial charge in [0.2, 0.25) is 5.13 Å². The molecule has 2 rings (SSSR count). The second-order valence-electron chi connectivity index (χ2n) is 4.67. The van der Waals surface area contributed by atoms with Crippen LogP contribution in [0.25, 0.3) is 0 Å². The maximum atomic E-state index is 11.9. The second-order valence-corrected chi connectivity index (χ2v) is 6.87. The molecule has 1 aliphatic rings. The lowest BCUT2D eigenvalue weighted by Crippen LogP contribution is -2.41. The Morgan fingerprint density at radius 1 is 1.47 bits per heavy atom. The Labute approximate surface area is 122 Å². The van der Waals surface area contributed by atoms with Crippen LogP contribution in [0, 0.1) is 0 Å². The van der Waals surface area contributed by atoms with Crippen LogP contribution in [-0.2, 0) is 6.42 Å². The van der Waals surface area contributed by atoms with Crippen molar-refractivity contribution < 1.29 is 4.79 Å². The number of aromatic nitrogens is 2. The van der Waals surface area contributed by atoms with Gasteiger partial charge in [0.05, 0.1) is 0 Å². The van der Waals surface area contributed by atoms with Crippen molar-refractivity contribution in [2.45, 2.75) is 50.3 Å². The van der Waals surface area contributed by atoms with Crippen LogP contribution < -0.4 is 10.6 Å². The summed E-state index contributed by atoms with van der Waals surface area (Å²) in [5.41, 5.74) is 0. The van der Waals surface area contributed by atoms with E-state index in [9.17, 15) is 4.79 Å². The van der Waals surface area contributed by atoms with Gasteiger partial charge < -0.3 is 5.32 Å². The molecule has 2 atom stereocenters. The molecule has 0 aliphatic heterocycles. The van der Waals surface area contributed by atoms with E-state index in [1.165, 1.54) is 24.2 Å². The normalized spacial score (nSPS) is 23.1. The molecule has 0 aromatic carbocycles.